The summed E-state index contributed by atoms with van der Waals surface area (Å²) in [7, 11) is 0. The first-order valence-corrected chi connectivity index (χ1v) is 11.5. The topological polar surface area (TPSA) is 126 Å². The van der Waals surface area contributed by atoms with Crippen LogP contribution in [0.25, 0.3) is 0 Å². The maximum atomic E-state index is 11.1. The molecule has 10 nitrogen and oxygen atoms in total. The SMILES string of the molecule is CC(=O)Nc1ccc(Oc2ccc3c(c2)CCC(c2cccc(Oc4ccc([N+](=O)[O-])cn4)c2)O3)nc1. The van der Waals surface area contributed by atoms with Gasteiger partial charge in [-0.05, 0) is 60.4 Å². The number of fused-ring (bicyclic) bond motifs is 1. The van der Waals surface area contributed by atoms with Crippen LogP contribution in [0.15, 0.2) is 79.1 Å². The number of hydrogen-bond donors (Lipinski definition) is 1. The normalized spacial score (nSPS) is 14.1. The first kappa shape index (κ1) is 23.7. The summed E-state index contributed by atoms with van der Waals surface area (Å²) in [6.07, 6.45) is 4.10. The number of nitro groups is 1. The van der Waals surface area contributed by atoms with Crippen LogP contribution in [0.2, 0.25) is 0 Å². The van der Waals surface area contributed by atoms with Crippen LogP contribution in [0.5, 0.6) is 29.0 Å². The average molecular weight is 498 g/mol. The molecule has 0 spiro atoms. The van der Waals surface area contributed by atoms with E-state index in [9.17, 15) is 14.9 Å². The number of aromatic nitrogens is 2. The summed E-state index contributed by atoms with van der Waals surface area (Å²) in [5.41, 5.74) is 2.49. The molecule has 0 saturated carbocycles. The van der Waals surface area contributed by atoms with E-state index >= 15 is 0 Å². The minimum atomic E-state index is -0.506. The largest absolute Gasteiger partial charge is 0.485 e. The van der Waals surface area contributed by atoms with E-state index in [1.165, 1.54) is 19.1 Å². The molecule has 0 fully saturated rings. The third-order valence-electron chi connectivity index (χ3n) is 5.64. The third-order valence-corrected chi connectivity index (χ3v) is 5.64. The minimum Gasteiger partial charge on any atom is -0.485 e. The van der Waals surface area contributed by atoms with E-state index in [0.717, 1.165) is 35.9 Å². The van der Waals surface area contributed by atoms with Crippen LogP contribution in [0, 0.1) is 10.1 Å². The lowest BCUT2D eigenvalue weighted by molar-refractivity contribution is -0.385. The molecule has 2 aromatic heterocycles. The van der Waals surface area contributed by atoms with Crippen LogP contribution in [-0.2, 0) is 11.2 Å². The van der Waals surface area contributed by atoms with Crippen molar-refractivity contribution in [1.29, 1.82) is 0 Å². The van der Waals surface area contributed by atoms with E-state index in [2.05, 4.69) is 15.3 Å². The quantitative estimate of drug-likeness (QED) is 0.243. The van der Waals surface area contributed by atoms with Crippen molar-refractivity contribution in [2.24, 2.45) is 0 Å². The number of ether oxygens (including phenoxy) is 3. The molecule has 1 unspecified atom stereocenters. The number of carbonyl (C=O) groups excluding carboxylic acids is 1. The first-order valence-electron chi connectivity index (χ1n) is 11.5. The lowest BCUT2D eigenvalue weighted by Gasteiger charge is -2.27. The van der Waals surface area contributed by atoms with Crippen LogP contribution < -0.4 is 19.5 Å². The van der Waals surface area contributed by atoms with E-state index in [4.69, 9.17) is 14.2 Å². The van der Waals surface area contributed by atoms with E-state index in [-0.39, 0.29) is 23.6 Å². The molecule has 37 heavy (non-hydrogen) atoms. The summed E-state index contributed by atoms with van der Waals surface area (Å²) >= 11 is 0. The van der Waals surface area contributed by atoms with Crippen molar-refractivity contribution in [3.8, 4) is 29.0 Å². The van der Waals surface area contributed by atoms with Gasteiger partial charge in [-0.1, -0.05) is 12.1 Å². The van der Waals surface area contributed by atoms with Gasteiger partial charge in [0.1, 0.15) is 29.5 Å². The van der Waals surface area contributed by atoms with Gasteiger partial charge in [0.2, 0.25) is 17.7 Å². The highest BCUT2D eigenvalue weighted by molar-refractivity contribution is 5.88. The molecule has 1 aliphatic rings. The summed E-state index contributed by atoms with van der Waals surface area (Å²) in [5, 5.41) is 13.5. The zero-order valence-electron chi connectivity index (χ0n) is 19.8. The Balaban J connectivity index is 1.24. The molecule has 5 rings (SSSR count). The Morgan fingerprint density at radius 3 is 2.43 bits per heavy atom. The van der Waals surface area contributed by atoms with Crippen molar-refractivity contribution >= 4 is 17.3 Å². The molecule has 0 saturated heterocycles. The Labute approximate surface area is 212 Å². The second-order valence-electron chi connectivity index (χ2n) is 8.37. The van der Waals surface area contributed by atoms with Gasteiger partial charge < -0.3 is 19.5 Å². The maximum Gasteiger partial charge on any atom is 0.287 e. The fraction of sp³-hybridized carbons (Fsp3) is 0.148. The minimum absolute atomic E-state index is 0.0972. The predicted octanol–water partition coefficient (Wildman–Crippen LogP) is 5.99. The van der Waals surface area contributed by atoms with Gasteiger partial charge in [-0.2, -0.15) is 0 Å². The zero-order chi connectivity index (χ0) is 25.8. The lowest BCUT2D eigenvalue weighted by Crippen LogP contribution is -2.15. The number of anilines is 1. The lowest BCUT2D eigenvalue weighted by atomic mass is 9.97. The molecular formula is C27H22N4O6. The van der Waals surface area contributed by atoms with Gasteiger partial charge in [-0.15, -0.1) is 0 Å². The predicted molar refractivity (Wildman–Crippen MR) is 134 cm³/mol. The summed E-state index contributed by atoms with van der Waals surface area (Å²) < 4.78 is 17.9. The zero-order valence-corrected chi connectivity index (χ0v) is 19.8. The molecule has 186 valence electrons. The van der Waals surface area contributed by atoms with E-state index in [0.29, 0.717) is 23.1 Å². The number of hydrogen-bond acceptors (Lipinski definition) is 8. The number of amides is 1. The van der Waals surface area contributed by atoms with Crippen molar-refractivity contribution in [3.63, 3.8) is 0 Å². The average Bonchev–Trinajstić information content (AvgIpc) is 2.90. The van der Waals surface area contributed by atoms with Gasteiger partial charge in [0.25, 0.3) is 5.69 Å². The maximum absolute atomic E-state index is 11.1. The Hall–Kier alpha value is -4.99. The van der Waals surface area contributed by atoms with E-state index in [1.807, 2.05) is 36.4 Å². The molecule has 10 heteroatoms. The highest BCUT2D eigenvalue weighted by Crippen LogP contribution is 2.38. The Morgan fingerprint density at radius 1 is 1.00 bits per heavy atom. The van der Waals surface area contributed by atoms with Crippen LogP contribution in [0.1, 0.15) is 30.6 Å². The fourth-order valence-corrected chi connectivity index (χ4v) is 3.94. The van der Waals surface area contributed by atoms with Gasteiger partial charge in [0.05, 0.1) is 16.8 Å². The van der Waals surface area contributed by atoms with Crippen molar-refractivity contribution in [3.05, 3.63) is 100 Å². The van der Waals surface area contributed by atoms with Gasteiger partial charge in [0.15, 0.2) is 0 Å². The van der Waals surface area contributed by atoms with Gasteiger partial charge in [-0.25, -0.2) is 9.97 Å². The molecular weight excluding hydrogens is 476 g/mol. The van der Waals surface area contributed by atoms with Crippen LogP contribution in [-0.4, -0.2) is 20.8 Å². The molecule has 0 aliphatic carbocycles. The number of rotatable bonds is 7. The van der Waals surface area contributed by atoms with E-state index in [1.54, 1.807) is 24.4 Å². The highest BCUT2D eigenvalue weighted by Gasteiger charge is 2.22. The van der Waals surface area contributed by atoms with Crippen LogP contribution in [0.4, 0.5) is 11.4 Å². The molecule has 3 heterocycles. The molecule has 4 aromatic rings. The summed E-state index contributed by atoms with van der Waals surface area (Å²) in [5.74, 6) is 2.51. The standard InChI is InChI=1S/C27H22N4O6/c1-17(32)30-20-6-11-26(28-15-20)36-23-8-10-25-19(14-23)5-9-24(37-25)18-3-2-4-22(13-18)35-27-12-7-21(16-29-27)31(33)34/h2-4,6-8,10-16,24H,5,9H2,1H3,(H,30,32). The first-order chi connectivity index (χ1) is 17.9. The summed E-state index contributed by atoms with van der Waals surface area (Å²) in [6, 6.07) is 19.4. The van der Waals surface area contributed by atoms with Gasteiger partial charge >= 0.3 is 0 Å². The molecule has 1 atom stereocenters. The third kappa shape index (κ3) is 5.81. The number of carbonyl (C=O) groups is 1. The Bertz CT molecular complexity index is 1440. The smallest absolute Gasteiger partial charge is 0.287 e. The molecule has 1 N–H and O–H groups in total. The van der Waals surface area contributed by atoms with Gasteiger partial charge in [0, 0.05) is 25.1 Å². The van der Waals surface area contributed by atoms with Crippen molar-refractivity contribution in [2.45, 2.75) is 25.9 Å². The molecule has 1 aliphatic heterocycles. The number of nitrogens with zero attached hydrogens (tertiary/aromatic N) is 3. The molecule has 0 radical (unpaired) electrons. The Kier molecular flexibility index (Phi) is 6.62. The molecule has 1 amide bonds. The van der Waals surface area contributed by atoms with Crippen LogP contribution in [0.3, 0.4) is 0 Å². The number of pyridine rings is 2. The molecule has 2 aromatic carbocycles. The van der Waals surface area contributed by atoms with Crippen molar-refractivity contribution < 1.29 is 23.9 Å². The Morgan fingerprint density at radius 2 is 1.76 bits per heavy atom. The number of benzene rings is 2. The monoisotopic (exact) mass is 498 g/mol. The summed E-state index contributed by atoms with van der Waals surface area (Å²) in [4.78, 5) is 29.7. The number of nitrogens with one attached hydrogen (secondary N) is 1. The summed E-state index contributed by atoms with van der Waals surface area (Å²) in [6.45, 7) is 1.44. The second-order valence-corrected chi connectivity index (χ2v) is 8.37. The fourth-order valence-electron chi connectivity index (χ4n) is 3.94. The van der Waals surface area contributed by atoms with Gasteiger partial charge in [-0.3, -0.25) is 14.9 Å². The van der Waals surface area contributed by atoms with Crippen molar-refractivity contribution in [2.75, 3.05) is 5.32 Å². The number of aryl methyl sites for hydroxylation is 1. The van der Waals surface area contributed by atoms with E-state index < -0.39 is 4.92 Å². The highest BCUT2D eigenvalue weighted by atomic mass is 16.6. The molecule has 0 bridgehead atoms. The van der Waals surface area contributed by atoms with Crippen molar-refractivity contribution in [1.82, 2.24) is 9.97 Å². The second kappa shape index (κ2) is 10.3. The van der Waals surface area contributed by atoms with Crippen LogP contribution >= 0.6 is 0 Å².